The zero-order chi connectivity index (χ0) is 15.2. The van der Waals surface area contributed by atoms with Crippen LogP contribution < -0.4 is 19.5 Å². The highest BCUT2D eigenvalue weighted by molar-refractivity contribution is 7.89. The third-order valence-corrected chi connectivity index (χ3v) is 4.24. The number of methoxy groups -OCH3 is 2. The normalized spacial score (nSPS) is 11.4. The molecule has 0 atom stereocenters. The Morgan fingerprint density at radius 3 is 2.40 bits per heavy atom. The van der Waals surface area contributed by atoms with Crippen LogP contribution in [0.2, 0.25) is 0 Å². The van der Waals surface area contributed by atoms with Gasteiger partial charge in [-0.15, -0.1) is 0 Å². The van der Waals surface area contributed by atoms with Crippen LogP contribution in [0.5, 0.6) is 11.5 Å². The van der Waals surface area contributed by atoms with Gasteiger partial charge in [-0.05, 0) is 26.1 Å². The van der Waals surface area contributed by atoms with E-state index in [1.54, 1.807) is 6.07 Å². The lowest BCUT2D eigenvalue weighted by Gasteiger charge is -2.15. The second-order valence-corrected chi connectivity index (χ2v) is 6.09. The Morgan fingerprint density at radius 2 is 1.90 bits per heavy atom. The van der Waals surface area contributed by atoms with Gasteiger partial charge < -0.3 is 14.8 Å². The first-order valence-electron chi connectivity index (χ1n) is 6.39. The topological polar surface area (TPSA) is 76.7 Å². The van der Waals surface area contributed by atoms with Gasteiger partial charge in [0.2, 0.25) is 10.0 Å². The van der Waals surface area contributed by atoms with Crippen molar-refractivity contribution in [2.75, 3.05) is 27.8 Å². The molecule has 0 spiro atoms. The van der Waals surface area contributed by atoms with E-state index in [2.05, 4.69) is 17.0 Å². The molecule has 114 valence electrons. The van der Waals surface area contributed by atoms with Gasteiger partial charge in [0.15, 0.2) is 11.5 Å². The monoisotopic (exact) mass is 302 g/mol. The minimum Gasteiger partial charge on any atom is -0.493 e. The Bertz CT molecular complexity index is 544. The van der Waals surface area contributed by atoms with E-state index in [1.807, 2.05) is 0 Å². The Balaban J connectivity index is 3.27. The van der Waals surface area contributed by atoms with Crippen molar-refractivity contribution in [2.24, 2.45) is 0 Å². The number of ether oxygens (including phenoxy) is 2. The van der Waals surface area contributed by atoms with Gasteiger partial charge in [-0.3, -0.25) is 0 Å². The first-order valence-corrected chi connectivity index (χ1v) is 7.87. The molecule has 20 heavy (non-hydrogen) atoms. The molecular formula is C13H22N2O4S. The molecule has 0 aliphatic rings. The van der Waals surface area contributed by atoms with Crippen LogP contribution in [0, 0.1) is 0 Å². The zero-order valence-corrected chi connectivity index (χ0v) is 13.1. The molecule has 1 aromatic carbocycles. The summed E-state index contributed by atoms with van der Waals surface area (Å²) in [4.78, 5) is 0.158. The standard InChI is InChI=1S/C13H22N2O4S/c1-5-6-15-9-10-7-11(20(16,17)14-2)8-12(18-3)13(10)19-4/h7-8,14-15H,5-6,9H2,1-4H3. The maximum atomic E-state index is 11.9. The fraction of sp³-hybridized carbons (Fsp3) is 0.538. The molecule has 0 fully saturated rings. The Morgan fingerprint density at radius 1 is 1.20 bits per heavy atom. The van der Waals surface area contributed by atoms with Gasteiger partial charge in [-0.1, -0.05) is 6.92 Å². The Kier molecular flexibility index (Phi) is 6.25. The van der Waals surface area contributed by atoms with E-state index in [9.17, 15) is 8.42 Å². The molecule has 1 aromatic rings. The lowest BCUT2D eigenvalue weighted by atomic mass is 10.2. The summed E-state index contributed by atoms with van der Waals surface area (Å²) in [5.41, 5.74) is 0.745. The van der Waals surface area contributed by atoms with Crippen molar-refractivity contribution in [3.63, 3.8) is 0 Å². The maximum Gasteiger partial charge on any atom is 0.240 e. The number of nitrogens with one attached hydrogen (secondary N) is 2. The third kappa shape index (κ3) is 3.84. The van der Waals surface area contributed by atoms with E-state index in [0.29, 0.717) is 18.0 Å². The van der Waals surface area contributed by atoms with E-state index in [1.165, 1.54) is 27.3 Å². The number of hydrogen-bond acceptors (Lipinski definition) is 5. The van der Waals surface area contributed by atoms with Crippen LogP contribution in [0.15, 0.2) is 17.0 Å². The average Bonchev–Trinajstić information content (AvgIpc) is 2.46. The summed E-state index contributed by atoms with van der Waals surface area (Å²) >= 11 is 0. The molecule has 0 aliphatic heterocycles. The number of sulfonamides is 1. The fourth-order valence-electron chi connectivity index (χ4n) is 1.82. The van der Waals surface area contributed by atoms with Crippen molar-refractivity contribution in [2.45, 2.75) is 24.8 Å². The molecule has 0 aliphatic carbocycles. The molecule has 0 bridgehead atoms. The van der Waals surface area contributed by atoms with E-state index in [-0.39, 0.29) is 4.90 Å². The zero-order valence-electron chi connectivity index (χ0n) is 12.3. The highest BCUT2D eigenvalue weighted by Gasteiger charge is 2.19. The van der Waals surface area contributed by atoms with Gasteiger partial charge in [0, 0.05) is 18.2 Å². The summed E-state index contributed by atoms with van der Waals surface area (Å²) in [7, 11) is 0.872. The maximum absolute atomic E-state index is 11.9. The first kappa shape index (κ1) is 16.7. The van der Waals surface area contributed by atoms with Gasteiger partial charge in [-0.25, -0.2) is 13.1 Å². The van der Waals surface area contributed by atoms with Gasteiger partial charge >= 0.3 is 0 Å². The van der Waals surface area contributed by atoms with Crippen LogP contribution in [-0.4, -0.2) is 36.2 Å². The Hall–Kier alpha value is -1.31. The molecule has 0 unspecified atom stereocenters. The predicted molar refractivity (Wildman–Crippen MR) is 77.8 cm³/mol. The minimum atomic E-state index is -3.52. The SMILES string of the molecule is CCCNCc1cc(S(=O)(=O)NC)cc(OC)c1OC. The van der Waals surface area contributed by atoms with E-state index in [0.717, 1.165) is 18.5 Å². The highest BCUT2D eigenvalue weighted by Crippen LogP contribution is 2.34. The second kappa shape index (κ2) is 7.47. The molecule has 0 saturated carbocycles. The summed E-state index contributed by atoms with van der Waals surface area (Å²) in [5, 5.41) is 3.22. The minimum absolute atomic E-state index is 0.158. The molecule has 0 amide bonds. The van der Waals surface area contributed by atoms with E-state index >= 15 is 0 Å². The van der Waals surface area contributed by atoms with Crippen molar-refractivity contribution in [1.82, 2.24) is 10.0 Å². The van der Waals surface area contributed by atoms with Crippen molar-refractivity contribution in [1.29, 1.82) is 0 Å². The Labute approximate surface area is 120 Å². The third-order valence-electron chi connectivity index (χ3n) is 2.85. The lowest BCUT2D eigenvalue weighted by molar-refractivity contribution is 0.349. The van der Waals surface area contributed by atoms with Crippen LogP contribution in [0.3, 0.4) is 0 Å². The van der Waals surface area contributed by atoms with Gasteiger partial charge in [-0.2, -0.15) is 0 Å². The summed E-state index contributed by atoms with van der Waals surface area (Å²) < 4.78 is 36.7. The first-order chi connectivity index (χ1) is 9.50. The molecule has 0 aromatic heterocycles. The number of rotatable bonds is 8. The summed E-state index contributed by atoms with van der Waals surface area (Å²) in [5.74, 6) is 0.947. The average molecular weight is 302 g/mol. The van der Waals surface area contributed by atoms with E-state index < -0.39 is 10.0 Å². The van der Waals surface area contributed by atoms with Crippen molar-refractivity contribution >= 4 is 10.0 Å². The number of hydrogen-bond donors (Lipinski definition) is 2. The molecule has 7 heteroatoms. The van der Waals surface area contributed by atoms with Crippen LogP contribution in [0.4, 0.5) is 0 Å². The molecule has 2 N–H and O–H groups in total. The van der Waals surface area contributed by atoms with Crippen molar-refractivity contribution < 1.29 is 17.9 Å². The quantitative estimate of drug-likeness (QED) is 0.704. The second-order valence-electron chi connectivity index (χ2n) is 4.20. The summed E-state index contributed by atoms with van der Waals surface area (Å²) in [6, 6.07) is 3.05. The van der Waals surface area contributed by atoms with Crippen molar-refractivity contribution in [3.8, 4) is 11.5 Å². The van der Waals surface area contributed by atoms with Crippen molar-refractivity contribution in [3.05, 3.63) is 17.7 Å². The van der Waals surface area contributed by atoms with Crippen LogP contribution >= 0.6 is 0 Å². The predicted octanol–water partition coefficient (Wildman–Crippen LogP) is 1.11. The molecule has 1 rings (SSSR count). The van der Waals surface area contributed by atoms with Gasteiger partial charge in [0.05, 0.1) is 19.1 Å². The largest absolute Gasteiger partial charge is 0.493 e. The highest BCUT2D eigenvalue weighted by atomic mass is 32.2. The molecule has 0 saturated heterocycles. The van der Waals surface area contributed by atoms with Crippen LogP contribution in [0.1, 0.15) is 18.9 Å². The summed E-state index contributed by atoms with van der Waals surface area (Å²) in [6.45, 7) is 3.42. The molecule has 6 nitrogen and oxygen atoms in total. The lowest BCUT2D eigenvalue weighted by Crippen LogP contribution is -2.20. The fourth-order valence-corrected chi connectivity index (χ4v) is 2.61. The summed E-state index contributed by atoms with van der Waals surface area (Å²) in [6.07, 6.45) is 0.994. The molecule has 0 radical (unpaired) electrons. The smallest absolute Gasteiger partial charge is 0.240 e. The molecule has 0 heterocycles. The van der Waals surface area contributed by atoms with Gasteiger partial charge in [0.1, 0.15) is 0 Å². The van der Waals surface area contributed by atoms with Gasteiger partial charge in [0.25, 0.3) is 0 Å². The molecular weight excluding hydrogens is 280 g/mol. The van der Waals surface area contributed by atoms with Crippen LogP contribution in [0.25, 0.3) is 0 Å². The van der Waals surface area contributed by atoms with Crippen LogP contribution in [-0.2, 0) is 16.6 Å². The van der Waals surface area contributed by atoms with E-state index in [4.69, 9.17) is 9.47 Å². The number of benzene rings is 1.